The van der Waals surface area contributed by atoms with Crippen molar-refractivity contribution in [2.45, 2.75) is 57.7 Å². The van der Waals surface area contributed by atoms with E-state index >= 15 is 0 Å². The highest BCUT2D eigenvalue weighted by atomic mass is 16.5. The maximum atomic E-state index is 11.9. The summed E-state index contributed by atoms with van der Waals surface area (Å²) < 4.78 is 5.02. The van der Waals surface area contributed by atoms with Crippen molar-refractivity contribution in [2.75, 3.05) is 0 Å². The number of carbonyl (C=O) groups excluding carboxylic acids is 2. The third-order valence-electron chi connectivity index (χ3n) is 2.60. The van der Waals surface area contributed by atoms with E-state index < -0.39 is 18.1 Å². The lowest BCUT2D eigenvalue weighted by Gasteiger charge is -2.15. The van der Waals surface area contributed by atoms with Crippen molar-refractivity contribution in [1.29, 1.82) is 0 Å². The van der Waals surface area contributed by atoms with Crippen LogP contribution in [0.3, 0.4) is 0 Å². The molecule has 1 rings (SSSR count). The number of rotatable bonds is 6. The average molecular weight is 239 g/mol. The van der Waals surface area contributed by atoms with Crippen LogP contribution in [0.4, 0.5) is 0 Å². The Hall–Kier alpha value is -1.57. The topological polar surface area (TPSA) is 59.8 Å². The van der Waals surface area contributed by atoms with Crippen LogP contribution in [-0.4, -0.2) is 30.1 Å². The lowest BCUT2D eigenvalue weighted by molar-refractivity contribution is -0.154. The number of amides is 1. The van der Waals surface area contributed by atoms with Crippen LogP contribution in [-0.2, 0) is 14.3 Å². The molecule has 1 aliphatic rings. The first-order valence-corrected chi connectivity index (χ1v) is 5.96. The summed E-state index contributed by atoms with van der Waals surface area (Å²) in [6, 6.07) is -0.247. The van der Waals surface area contributed by atoms with Crippen molar-refractivity contribution in [3.8, 4) is 6.57 Å². The summed E-state index contributed by atoms with van der Waals surface area (Å²) >= 11 is 0. The predicted octanol–water partition coefficient (Wildman–Crippen LogP) is 1.33. The maximum Gasteiger partial charge on any atom is 0.317 e. The third-order valence-corrected chi connectivity index (χ3v) is 2.60. The molecule has 1 N–H and O–H groups in total. The molecule has 1 unspecified atom stereocenters. The second-order valence-electron chi connectivity index (χ2n) is 4.32. The van der Waals surface area contributed by atoms with Gasteiger partial charge in [-0.25, -0.2) is 0 Å². The molecule has 0 aromatic rings. The van der Waals surface area contributed by atoms with Gasteiger partial charge < -0.3 is 10.1 Å². The van der Waals surface area contributed by atoms with Gasteiger partial charge in [0.05, 0.1) is 0 Å². The summed E-state index contributed by atoms with van der Waals surface area (Å²) in [5.41, 5.74) is 0. The van der Waals surface area contributed by atoms with E-state index in [0.29, 0.717) is 6.42 Å². The van der Waals surface area contributed by atoms with Crippen molar-refractivity contribution >= 4 is 11.9 Å². The molecule has 1 fully saturated rings. The molecule has 2 atom stereocenters. The molecular formula is C12H19N2O3+. The Bertz CT molecular complexity index is 331. The van der Waals surface area contributed by atoms with Gasteiger partial charge in [-0.15, -0.1) is 0 Å². The van der Waals surface area contributed by atoms with Crippen molar-refractivity contribution in [3.05, 3.63) is 4.85 Å². The van der Waals surface area contributed by atoms with E-state index in [1.807, 2.05) is 6.92 Å². The second kappa shape index (κ2) is 6.24. The van der Waals surface area contributed by atoms with Gasteiger partial charge in [0.25, 0.3) is 18.6 Å². The fourth-order valence-corrected chi connectivity index (χ4v) is 1.60. The fraction of sp³-hybridized carbons (Fsp3) is 0.750. The smallest absolute Gasteiger partial charge is 0.317 e. The normalized spacial score (nSPS) is 17.7. The maximum absolute atomic E-state index is 11.9. The van der Waals surface area contributed by atoms with Crippen LogP contribution in [0.25, 0.3) is 4.85 Å². The first-order valence-electron chi connectivity index (χ1n) is 5.96. The van der Waals surface area contributed by atoms with Gasteiger partial charge in [-0.2, -0.15) is 0 Å². The van der Waals surface area contributed by atoms with Gasteiger partial charge in [0.1, 0.15) is 0 Å². The Morgan fingerprint density at radius 1 is 1.53 bits per heavy atom. The number of esters is 1. The highest BCUT2D eigenvalue weighted by molar-refractivity contribution is 5.84. The summed E-state index contributed by atoms with van der Waals surface area (Å²) in [5, 5.41) is 2.80. The molecule has 0 aliphatic heterocycles. The zero-order valence-electron chi connectivity index (χ0n) is 10.3. The summed E-state index contributed by atoms with van der Waals surface area (Å²) in [7, 11) is 0. The van der Waals surface area contributed by atoms with E-state index in [-0.39, 0.29) is 11.9 Å². The van der Waals surface area contributed by atoms with E-state index in [4.69, 9.17) is 11.3 Å². The number of hydrogen-bond acceptors (Lipinski definition) is 3. The number of ether oxygens (including phenoxy) is 1. The van der Waals surface area contributed by atoms with Crippen molar-refractivity contribution in [3.63, 3.8) is 0 Å². The summed E-state index contributed by atoms with van der Waals surface area (Å²) in [6.45, 7) is 8.51. The molecule has 1 saturated carbocycles. The highest BCUT2D eigenvalue weighted by Crippen LogP contribution is 2.20. The van der Waals surface area contributed by atoms with Crippen LogP contribution < -0.4 is 5.32 Å². The molecule has 0 spiro atoms. The molecule has 5 nitrogen and oxygen atoms in total. The monoisotopic (exact) mass is 239 g/mol. The fourth-order valence-electron chi connectivity index (χ4n) is 1.60. The summed E-state index contributed by atoms with van der Waals surface area (Å²) in [4.78, 5) is 26.5. The van der Waals surface area contributed by atoms with Crippen LogP contribution in [0.15, 0.2) is 0 Å². The molecule has 0 aromatic heterocycles. The molecule has 0 radical (unpaired) electrons. The molecule has 0 heterocycles. The Morgan fingerprint density at radius 2 is 2.18 bits per heavy atom. The Labute approximate surface area is 101 Å². The van der Waals surface area contributed by atoms with Gasteiger partial charge in [0.2, 0.25) is 0 Å². The predicted molar refractivity (Wildman–Crippen MR) is 63.7 cm³/mol. The van der Waals surface area contributed by atoms with E-state index in [1.54, 1.807) is 0 Å². The largest absolute Gasteiger partial charge is 0.444 e. The van der Waals surface area contributed by atoms with E-state index in [1.165, 1.54) is 6.92 Å². The lowest BCUT2D eigenvalue weighted by atomic mass is 10.1. The number of nitrogens with zero attached hydrogens (tertiary/aromatic N) is 1. The van der Waals surface area contributed by atoms with E-state index in [9.17, 15) is 9.59 Å². The Morgan fingerprint density at radius 3 is 2.59 bits per heavy atom. The average Bonchev–Trinajstić information content (AvgIpc) is 3.06. The van der Waals surface area contributed by atoms with E-state index in [2.05, 4.69) is 10.2 Å². The quantitative estimate of drug-likeness (QED) is 0.711. The molecular weight excluding hydrogens is 220 g/mol. The minimum absolute atomic E-state index is 0.223. The van der Waals surface area contributed by atoms with Gasteiger partial charge in [0.15, 0.2) is 0 Å². The molecule has 1 aliphatic carbocycles. The van der Waals surface area contributed by atoms with Crippen LogP contribution in [0.2, 0.25) is 0 Å². The van der Waals surface area contributed by atoms with Gasteiger partial charge in [0, 0.05) is 19.4 Å². The molecule has 0 aromatic carbocycles. The van der Waals surface area contributed by atoms with Crippen LogP contribution in [0, 0.1) is 6.57 Å². The van der Waals surface area contributed by atoms with Gasteiger partial charge in [-0.1, -0.05) is 11.8 Å². The zero-order valence-corrected chi connectivity index (χ0v) is 10.3. The first-order chi connectivity index (χ1) is 8.08. The van der Waals surface area contributed by atoms with Crippen molar-refractivity contribution in [2.24, 2.45) is 0 Å². The molecule has 0 saturated heterocycles. The zero-order chi connectivity index (χ0) is 12.8. The van der Waals surface area contributed by atoms with E-state index in [0.717, 1.165) is 19.3 Å². The first kappa shape index (κ1) is 13.5. The molecule has 1 amide bonds. The van der Waals surface area contributed by atoms with Gasteiger partial charge in [-0.05, 0) is 19.3 Å². The van der Waals surface area contributed by atoms with Gasteiger partial charge in [-0.3, -0.25) is 9.59 Å². The van der Waals surface area contributed by atoms with Crippen molar-refractivity contribution in [1.82, 2.24) is 5.32 Å². The lowest BCUT2D eigenvalue weighted by Crippen LogP contribution is -2.44. The second-order valence-corrected chi connectivity index (χ2v) is 4.32. The molecule has 94 valence electrons. The molecule has 17 heavy (non-hydrogen) atoms. The SMILES string of the molecule is C#[N+][C@@H](CCC)C(OC(C)=O)C(=O)NC1CC1. The van der Waals surface area contributed by atoms with Crippen LogP contribution >= 0.6 is 0 Å². The third kappa shape index (κ3) is 4.43. The number of hydrogen-bond donors (Lipinski definition) is 1. The molecule has 5 heteroatoms. The summed E-state index contributed by atoms with van der Waals surface area (Å²) in [6.07, 6.45) is 2.50. The number of carbonyl (C=O) groups is 2. The standard InChI is InChI=1S/C12H18N2O3/c1-4-5-10(13-3)11(17-8(2)15)12(16)14-9-6-7-9/h3,9-11H,4-7H2,1-2H3/p+1/t10-,11?/m0/s1. The Kier molecular flexibility index (Phi) is 4.95. The Balaban J connectivity index is 2.65. The van der Waals surface area contributed by atoms with Crippen LogP contribution in [0.5, 0.6) is 0 Å². The van der Waals surface area contributed by atoms with Crippen molar-refractivity contribution < 1.29 is 14.3 Å². The minimum atomic E-state index is -0.905. The van der Waals surface area contributed by atoms with Crippen LogP contribution in [0.1, 0.15) is 39.5 Å². The summed E-state index contributed by atoms with van der Waals surface area (Å²) in [5.74, 6) is -0.791. The molecule has 0 bridgehead atoms. The highest BCUT2D eigenvalue weighted by Gasteiger charge is 2.39. The van der Waals surface area contributed by atoms with Gasteiger partial charge >= 0.3 is 12.0 Å². The number of nitrogens with one attached hydrogen (secondary N) is 1. The minimum Gasteiger partial charge on any atom is -0.444 e.